The molecule has 0 atom stereocenters. The van der Waals surface area contributed by atoms with Crippen molar-refractivity contribution in [2.24, 2.45) is 4.99 Å². The number of rotatable bonds is 8. The predicted molar refractivity (Wildman–Crippen MR) is 97.9 cm³/mol. The molecule has 0 aliphatic rings. The van der Waals surface area contributed by atoms with Gasteiger partial charge in [0.15, 0.2) is 5.96 Å². The molecule has 0 bridgehead atoms. The van der Waals surface area contributed by atoms with E-state index in [0.717, 1.165) is 17.6 Å². The first kappa shape index (κ1) is 20.2. The molecule has 0 spiro atoms. The molecular weight excluding hydrogens is 328 g/mol. The molecule has 1 rings (SSSR count). The number of hydrogen-bond donors (Lipinski definition) is 3. The second-order valence-corrected chi connectivity index (χ2v) is 7.83. The van der Waals surface area contributed by atoms with Crippen LogP contribution in [0.15, 0.2) is 29.3 Å². The predicted octanol–water partition coefficient (Wildman–Crippen LogP) is 1.08. The van der Waals surface area contributed by atoms with Gasteiger partial charge in [-0.2, -0.15) is 0 Å². The normalized spacial score (nSPS) is 12.8. The van der Waals surface area contributed by atoms with E-state index in [1.165, 1.54) is 0 Å². The van der Waals surface area contributed by atoms with Crippen LogP contribution in [0.5, 0.6) is 5.75 Å². The van der Waals surface area contributed by atoms with Crippen molar-refractivity contribution in [1.29, 1.82) is 0 Å². The highest BCUT2D eigenvalue weighted by Crippen LogP contribution is 2.17. The summed E-state index contributed by atoms with van der Waals surface area (Å²) in [5.74, 6) is 1.42. The summed E-state index contributed by atoms with van der Waals surface area (Å²) < 4.78 is 30.9. The molecule has 0 saturated carbocycles. The minimum atomic E-state index is -3.27. The van der Waals surface area contributed by atoms with Crippen LogP contribution in [-0.4, -0.2) is 46.4 Å². The Bertz CT molecular complexity index is 657. The fraction of sp³-hybridized carbons (Fsp3) is 0.562. The van der Waals surface area contributed by atoms with Crippen LogP contribution in [0, 0.1) is 0 Å². The van der Waals surface area contributed by atoms with Gasteiger partial charge in [0.05, 0.1) is 12.9 Å². The van der Waals surface area contributed by atoms with Crippen molar-refractivity contribution in [3.8, 4) is 5.75 Å². The molecule has 0 aromatic heterocycles. The standard InChI is InChI=1S/C16H28N4O3S/c1-6-23-14-10-8-7-9-13(14)11-18-15(17-4)19-12-16(2,3)20-24(5,21)22/h7-10,20H,6,11-12H2,1-5H3,(H2,17,18,19). The van der Waals surface area contributed by atoms with Gasteiger partial charge in [-0.15, -0.1) is 0 Å². The number of nitrogens with one attached hydrogen (secondary N) is 3. The Hall–Kier alpha value is -1.80. The lowest BCUT2D eigenvalue weighted by Gasteiger charge is -2.26. The molecule has 8 heteroatoms. The van der Waals surface area contributed by atoms with Crippen LogP contribution in [0.2, 0.25) is 0 Å². The first-order chi connectivity index (χ1) is 11.2. The summed E-state index contributed by atoms with van der Waals surface area (Å²) in [5, 5.41) is 6.33. The molecule has 0 aliphatic heterocycles. The topological polar surface area (TPSA) is 91.8 Å². The largest absolute Gasteiger partial charge is 0.494 e. The van der Waals surface area contributed by atoms with Crippen LogP contribution in [0.3, 0.4) is 0 Å². The molecule has 3 N–H and O–H groups in total. The van der Waals surface area contributed by atoms with Crippen LogP contribution >= 0.6 is 0 Å². The van der Waals surface area contributed by atoms with Crippen molar-refractivity contribution in [3.05, 3.63) is 29.8 Å². The second-order valence-electron chi connectivity index (χ2n) is 6.08. The zero-order valence-corrected chi connectivity index (χ0v) is 15.8. The van der Waals surface area contributed by atoms with Crippen LogP contribution in [-0.2, 0) is 16.6 Å². The van der Waals surface area contributed by atoms with Gasteiger partial charge in [-0.25, -0.2) is 13.1 Å². The molecule has 0 radical (unpaired) electrons. The maximum absolute atomic E-state index is 11.4. The Labute approximate surface area is 145 Å². The van der Waals surface area contributed by atoms with Gasteiger partial charge in [0.25, 0.3) is 0 Å². The summed E-state index contributed by atoms with van der Waals surface area (Å²) in [7, 11) is -1.60. The average molecular weight is 356 g/mol. The highest BCUT2D eigenvalue weighted by atomic mass is 32.2. The van der Waals surface area contributed by atoms with E-state index in [9.17, 15) is 8.42 Å². The van der Waals surface area contributed by atoms with Gasteiger partial charge in [-0.05, 0) is 26.8 Å². The number of para-hydroxylation sites is 1. The number of ether oxygens (including phenoxy) is 1. The lowest BCUT2D eigenvalue weighted by Crippen LogP contribution is -2.52. The zero-order chi connectivity index (χ0) is 18.2. The fourth-order valence-corrected chi connectivity index (χ4v) is 3.26. The van der Waals surface area contributed by atoms with E-state index >= 15 is 0 Å². The summed E-state index contributed by atoms with van der Waals surface area (Å²) in [6.45, 7) is 7.11. The Kier molecular flexibility index (Phi) is 7.50. The van der Waals surface area contributed by atoms with E-state index in [1.54, 1.807) is 20.9 Å². The summed E-state index contributed by atoms with van der Waals surface area (Å²) in [6, 6.07) is 7.80. The van der Waals surface area contributed by atoms with Gasteiger partial charge in [0.2, 0.25) is 10.0 Å². The van der Waals surface area contributed by atoms with Crippen molar-refractivity contribution < 1.29 is 13.2 Å². The van der Waals surface area contributed by atoms with Crippen molar-refractivity contribution in [1.82, 2.24) is 15.4 Å². The third kappa shape index (κ3) is 7.65. The summed E-state index contributed by atoms with van der Waals surface area (Å²) in [5.41, 5.74) is 0.393. The second kappa shape index (κ2) is 8.89. The SMILES string of the molecule is CCOc1ccccc1CNC(=NC)NCC(C)(C)NS(C)(=O)=O. The summed E-state index contributed by atoms with van der Waals surface area (Å²) in [6.07, 6.45) is 1.15. The van der Waals surface area contributed by atoms with Gasteiger partial charge >= 0.3 is 0 Å². The van der Waals surface area contributed by atoms with E-state index in [1.807, 2.05) is 31.2 Å². The quantitative estimate of drug-likeness (QED) is 0.479. The highest BCUT2D eigenvalue weighted by Gasteiger charge is 2.22. The Morgan fingerprint density at radius 2 is 1.92 bits per heavy atom. The molecular formula is C16H28N4O3S. The van der Waals surface area contributed by atoms with Gasteiger partial charge in [0.1, 0.15) is 5.75 Å². The van der Waals surface area contributed by atoms with Crippen molar-refractivity contribution in [2.75, 3.05) is 26.5 Å². The maximum Gasteiger partial charge on any atom is 0.209 e. The Balaban J connectivity index is 2.61. The molecule has 0 saturated heterocycles. The van der Waals surface area contributed by atoms with Crippen LogP contribution in [0.25, 0.3) is 0 Å². The lowest BCUT2D eigenvalue weighted by molar-refractivity contribution is 0.336. The highest BCUT2D eigenvalue weighted by molar-refractivity contribution is 7.88. The van der Waals surface area contributed by atoms with Crippen molar-refractivity contribution in [2.45, 2.75) is 32.9 Å². The van der Waals surface area contributed by atoms with Crippen LogP contribution in [0.4, 0.5) is 0 Å². The minimum absolute atomic E-state index is 0.396. The number of benzene rings is 1. The summed E-state index contributed by atoms with van der Waals surface area (Å²) >= 11 is 0. The molecule has 1 aromatic rings. The maximum atomic E-state index is 11.4. The van der Waals surface area contributed by atoms with E-state index < -0.39 is 15.6 Å². The third-order valence-corrected chi connectivity index (χ3v) is 4.03. The number of hydrogen-bond acceptors (Lipinski definition) is 4. The van der Waals surface area contributed by atoms with E-state index in [2.05, 4.69) is 20.3 Å². The number of aliphatic imine (C=N–C) groups is 1. The van der Waals surface area contributed by atoms with Gasteiger partial charge in [0, 0.05) is 31.2 Å². The first-order valence-corrected chi connectivity index (χ1v) is 9.70. The monoisotopic (exact) mass is 356 g/mol. The molecule has 7 nitrogen and oxygen atoms in total. The molecule has 1 aromatic carbocycles. The van der Waals surface area contributed by atoms with Gasteiger partial charge in [-0.3, -0.25) is 4.99 Å². The smallest absolute Gasteiger partial charge is 0.209 e. The van der Waals surface area contributed by atoms with Crippen LogP contribution in [0.1, 0.15) is 26.3 Å². The van der Waals surface area contributed by atoms with Gasteiger partial charge < -0.3 is 15.4 Å². The van der Waals surface area contributed by atoms with E-state index in [0.29, 0.717) is 25.7 Å². The zero-order valence-electron chi connectivity index (χ0n) is 15.0. The van der Waals surface area contributed by atoms with Crippen molar-refractivity contribution in [3.63, 3.8) is 0 Å². The minimum Gasteiger partial charge on any atom is -0.494 e. The molecule has 0 heterocycles. The van der Waals surface area contributed by atoms with E-state index in [4.69, 9.17) is 4.74 Å². The molecule has 0 aliphatic carbocycles. The average Bonchev–Trinajstić information content (AvgIpc) is 2.46. The molecule has 0 amide bonds. The third-order valence-electron chi connectivity index (χ3n) is 3.10. The lowest BCUT2D eigenvalue weighted by atomic mass is 10.1. The number of nitrogens with zero attached hydrogens (tertiary/aromatic N) is 1. The first-order valence-electron chi connectivity index (χ1n) is 7.81. The number of guanidine groups is 1. The molecule has 136 valence electrons. The fourth-order valence-electron chi connectivity index (χ4n) is 2.19. The molecule has 0 fully saturated rings. The Morgan fingerprint density at radius 1 is 1.25 bits per heavy atom. The van der Waals surface area contributed by atoms with Crippen LogP contribution < -0.4 is 20.1 Å². The molecule has 0 unspecified atom stereocenters. The van der Waals surface area contributed by atoms with Crippen molar-refractivity contribution >= 4 is 16.0 Å². The van der Waals surface area contributed by atoms with E-state index in [-0.39, 0.29) is 0 Å². The Morgan fingerprint density at radius 3 is 2.50 bits per heavy atom. The summed E-state index contributed by atoms with van der Waals surface area (Å²) in [4.78, 5) is 4.15. The molecule has 24 heavy (non-hydrogen) atoms. The van der Waals surface area contributed by atoms with Gasteiger partial charge in [-0.1, -0.05) is 18.2 Å². The number of sulfonamides is 1.